The second-order valence-electron chi connectivity index (χ2n) is 4.71. The maximum atomic E-state index is 6.08. The van der Waals surface area contributed by atoms with Gasteiger partial charge < -0.3 is 9.47 Å². The van der Waals surface area contributed by atoms with Crippen molar-refractivity contribution in [3.05, 3.63) is 42.0 Å². The fraction of sp³-hybridized carbons (Fsp3) is 0.412. The molecule has 0 saturated carbocycles. The molecule has 0 aromatic heterocycles. The summed E-state index contributed by atoms with van der Waals surface area (Å²) in [5.74, 6) is 1.31. The molecular weight excluding hydrogens is 272 g/mol. The van der Waals surface area contributed by atoms with Crippen LogP contribution >= 0.6 is 11.6 Å². The van der Waals surface area contributed by atoms with Gasteiger partial charge in [0.15, 0.2) is 0 Å². The lowest BCUT2D eigenvalue weighted by Crippen LogP contribution is -2.08. The minimum absolute atomic E-state index is 0.452. The average Bonchev–Trinajstić information content (AvgIpc) is 2.50. The van der Waals surface area contributed by atoms with Gasteiger partial charge in [0.25, 0.3) is 0 Å². The topological polar surface area (TPSA) is 18.5 Å². The normalized spacial score (nSPS) is 10.9. The molecule has 0 atom stereocenters. The summed E-state index contributed by atoms with van der Waals surface area (Å²) in [6.45, 7) is 4.14. The molecule has 0 aliphatic carbocycles. The van der Waals surface area contributed by atoms with Crippen molar-refractivity contribution >= 4 is 22.4 Å². The Morgan fingerprint density at radius 2 is 1.85 bits per heavy atom. The second kappa shape index (κ2) is 8.13. The predicted octanol–water partition coefficient (Wildman–Crippen LogP) is 4.77. The molecule has 0 N–H and O–H groups in total. The summed E-state index contributed by atoms with van der Waals surface area (Å²) in [5, 5.41) is 2.35. The monoisotopic (exact) mass is 292 g/mol. The number of rotatable bonds is 8. The Balaban J connectivity index is 1.99. The van der Waals surface area contributed by atoms with E-state index in [0.29, 0.717) is 19.1 Å². The van der Waals surface area contributed by atoms with Crippen LogP contribution in [0.2, 0.25) is 0 Å². The summed E-state index contributed by atoms with van der Waals surface area (Å²) in [7, 11) is 0. The first-order chi connectivity index (χ1) is 9.86. The molecule has 2 rings (SSSR count). The molecule has 0 spiro atoms. The van der Waals surface area contributed by atoms with Crippen molar-refractivity contribution in [2.24, 2.45) is 0 Å². The van der Waals surface area contributed by atoms with Gasteiger partial charge in [0, 0.05) is 12.2 Å². The molecule has 0 fully saturated rings. The van der Waals surface area contributed by atoms with Gasteiger partial charge in [-0.2, -0.15) is 0 Å². The molecule has 0 unspecified atom stereocenters. The molecule has 2 aromatic carbocycles. The van der Waals surface area contributed by atoms with E-state index in [9.17, 15) is 0 Å². The molecule has 0 saturated heterocycles. The van der Waals surface area contributed by atoms with Crippen LogP contribution in [0.4, 0.5) is 0 Å². The van der Waals surface area contributed by atoms with Crippen molar-refractivity contribution in [1.82, 2.24) is 0 Å². The van der Waals surface area contributed by atoms with Gasteiger partial charge in [-0.05, 0) is 23.3 Å². The highest BCUT2D eigenvalue weighted by molar-refractivity contribution is 6.18. The fourth-order valence-electron chi connectivity index (χ4n) is 2.15. The third-order valence-corrected chi connectivity index (χ3v) is 3.53. The predicted molar refractivity (Wildman–Crippen MR) is 84.7 cm³/mol. The number of hydrogen-bond acceptors (Lipinski definition) is 2. The third kappa shape index (κ3) is 3.87. The molecule has 0 bridgehead atoms. The van der Waals surface area contributed by atoms with Crippen LogP contribution < -0.4 is 4.74 Å². The van der Waals surface area contributed by atoms with Crippen molar-refractivity contribution in [2.75, 3.05) is 19.8 Å². The van der Waals surface area contributed by atoms with E-state index in [4.69, 9.17) is 21.1 Å². The maximum Gasteiger partial charge on any atom is 0.124 e. The van der Waals surface area contributed by atoms with Crippen LogP contribution in [-0.2, 0) is 10.6 Å². The summed E-state index contributed by atoms with van der Waals surface area (Å²) in [6.07, 6.45) is 2.25. The third-order valence-electron chi connectivity index (χ3n) is 3.26. The lowest BCUT2D eigenvalue weighted by molar-refractivity contribution is 0.0979. The van der Waals surface area contributed by atoms with Crippen molar-refractivity contribution < 1.29 is 9.47 Å². The molecule has 0 heterocycles. The quantitative estimate of drug-likeness (QED) is 0.515. The summed E-state index contributed by atoms with van der Waals surface area (Å²) < 4.78 is 11.3. The highest BCUT2D eigenvalue weighted by Crippen LogP contribution is 2.29. The zero-order chi connectivity index (χ0) is 14.2. The first-order valence-electron chi connectivity index (χ1n) is 7.14. The number of hydrogen-bond donors (Lipinski definition) is 0. The van der Waals surface area contributed by atoms with Crippen LogP contribution in [0.15, 0.2) is 36.4 Å². The standard InChI is InChI=1S/C17H21ClO2/c1-2-3-10-19-11-12-20-17-9-8-14-6-4-5-7-15(14)16(17)13-18/h4-9H,2-3,10-13H2,1H3. The number of alkyl halides is 1. The number of ether oxygens (including phenoxy) is 2. The van der Waals surface area contributed by atoms with Gasteiger partial charge in [0.05, 0.1) is 12.5 Å². The fourth-order valence-corrected chi connectivity index (χ4v) is 2.42. The number of fused-ring (bicyclic) bond motifs is 1. The minimum Gasteiger partial charge on any atom is -0.491 e. The van der Waals surface area contributed by atoms with Gasteiger partial charge in [0.1, 0.15) is 12.4 Å². The van der Waals surface area contributed by atoms with Crippen LogP contribution in [0.5, 0.6) is 5.75 Å². The maximum absolute atomic E-state index is 6.08. The Bertz CT molecular complexity index is 540. The first-order valence-corrected chi connectivity index (χ1v) is 7.67. The van der Waals surface area contributed by atoms with Gasteiger partial charge in [-0.15, -0.1) is 11.6 Å². The van der Waals surface area contributed by atoms with E-state index >= 15 is 0 Å². The number of unbranched alkanes of at least 4 members (excludes halogenated alkanes) is 1. The van der Waals surface area contributed by atoms with E-state index in [-0.39, 0.29) is 0 Å². The van der Waals surface area contributed by atoms with Crippen LogP contribution in [-0.4, -0.2) is 19.8 Å². The molecule has 2 nitrogen and oxygen atoms in total. The summed E-state index contributed by atoms with van der Waals surface area (Å²) in [6, 6.07) is 12.3. The molecular formula is C17H21ClO2. The SMILES string of the molecule is CCCCOCCOc1ccc2ccccc2c1CCl. The Morgan fingerprint density at radius 3 is 2.65 bits per heavy atom. The van der Waals surface area contributed by atoms with Gasteiger partial charge in [-0.3, -0.25) is 0 Å². The largest absolute Gasteiger partial charge is 0.491 e. The number of halogens is 1. The van der Waals surface area contributed by atoms with E-state index < -0.39 is 0 Å². The lowest BCUT2D eigenvalue weighted by atomic mass is 10.0. The van der Waals surface area contributed by atoms with Crippen molar-refractivity contribution in [2.45, 2.75) is 25.6 Å². The van der Waals surface area contributed by atoms with Crippen LogP contribution in [0, 0.1) is 0 Å². The average molecular weight is 293 g/mol. The van der Waals surface area contributed by atoms with E-state index in [0.717, 1.165) is 36.1 Å². The van der Waals surface area contributed by atoms with Crippen LogP contribution in [0.1, 0.15) is 25.3 Å². The molecule has 0 aliphatic rings. The van der Waals surface area contributed by atoms with Gasteiger partial charge in [-0.25, -0.2) is 0 Å². The van der Waals surface area contributed by atoms with Crippen molar-refractivity contribution in [3.63, 3.8) is 0 Å². The zero-order valence-electron chi connectivity index (χ0n) is 11.9. The Hall–Kier alpha value is -1.25. The summed E-state index contributed by atoms with van der Waals surface area (Å²) in [4.78, 5) is 0. The van der Waals surface area contributed by atoms with Crippen LogP contribution in [0.3, 0.4) is 0 Å². The Morgan fingerprint density at radius 1 is 1.00 bits per heavy atom. The lowest BCUT2D eigenvalue weighted by Gasteiger charge is -2.12. The van der Waals surface area contributed by atoms with Gasteiger partial charge in [0.2, 0.25) is 0 Å². The molecule has 0 amide bonds. The molecule has 0 aliphatic heterocycles. The van der Waals surface area contributed by atoms with E-state index in [1.165, 1.54) is 5.39 Å². The molecule has 0 radical (unpaired) electrons. The second-order valence-corrected chi connectivity index (χ2v) is 4.98. The molecule has 108 valence electrons. The zero-order valence-corrected chi connectivity index (χ0v) is 12.7. The summed E-state index contributed by atoms with van der Waals surface area (Å²) >= 11 is 6.08. The van der Waals surface area contributed by atoms with Crippen molar-refractivity contribution in [1.29, 1.82) is 0 Å². The molecule has 2 aromatic rings. The Labute approximate surface area is 125 Å². The first kappa shape index (κ1) is 15.1. The molecule has 20 heavy (non-hydrogen) atoms. The van der Waals surface area contributed by atoms with E-state index in [1.807, 2.05) is 18.2 Å². The highest BCUT2D eigenvalue weighted by atomic mass is 35.5. The highest BCUT2D eigenvalue weighted by Gasteiger charge is 2.07. The van der Waals surface area contributed by atoms with Crippen LogP contribution in [0.25, 0.3) is 10.8 Å². The molecule has 3 heteroatoms. The van der Waals surface area contributed by atoms with Gasteiger partial charge >= 0.3 is 0 Å². The number of benzene rings is 2. The minimum atomic E-state index is 0.452. The van der Waals surface area contributed by atoms with Crippen molar-refractivity contribution in [3.8, 4) is 5.75 Å². The smallest absolute Gasteiger partial charge is 0.124 e. The van der Waals surface area contributed by atoms with Gasteiger partial charge in [-0.1, -0.05) is 43.7 Å². The summed E-state index contributed by atoms with van der Waals surface area (Å²) in [5.41, 5.74) is 1.05. The van der Waals surface area contributed by atoms with E-state index in [2.05, 4.69) is 25.1 Å². The van der Waals surface area contributed by atoms with E-state index in [1.54, 1.807) is 0 Å². The Kier molecular flexibility index (Phi) is 6.16.